The first-order chi connectivity index (χ1) is 8.80. The average molecular weight is 349 g/mol. The van der Waals surface area contributed by atoms with E-state index < -0.39 is 15.6 Å². The molecule has 19 heavy (non-hydrogen) atoms. The van der Waals surface area contributed by atoms with E-state index in [2.05, 4.69) is 20.7 Å². The maximum absolute atomic E-state index is 12.5. The van der Waals surface area contributed by atoms with Gasteiger partial charge in [0.2, 0.25) is 10.0 Å². The van der Waals surface area contributed by atoms with Crippen LogP contribution in [0.4, 0.5) is 5.69 Å². The van der Waals surface area contributed by atoms with E-state index in [1.54, 1.807) is 12.1 Å². The van der Waals surface area contributed by atoms with Crippen LogP contribution in [0.1, 0.15) is 40.0 Å². The molecule has 0 atom stereocenters. The predicted molar refractivity (Wildman–Crippen MR) is 82.5 cm³/mol. The van der Waals surface area contributed by atoms with Gasteiger partial charge in [0.05, 0.1) is 5.69 Å². The molecule has 0 aliphatic heterocycles. The van der Waals surface area contributed by atoms with Crippen molar-refractivity contribution in [3.8, 4) is 0 Å². The molecule has 0 aromatic heterocycles. The Labute approximate surface area is 124 Å². The maximum Gasteiger partial charge on any atom is 0.243 e. The number of nitrogen functional groups attached to an aromatic ring is 1. The lowest BCUT2D eigenvalue weighted by atomic mass is 9.91. The third-order valence-corrected chi connectivity index (χ3v) is 5.77. The van der Waals surface area contributed by atoms with Crippen LogP contribution in [0, 0.1) is 0 Å². The fraction of sp³-hybridized carbons (Fsp3) is 0.538. The Morgan fingerprint density at radius 3 is 2.21 bits per heavy atom. The summed E-state index contributed by atoms with van der Waals surface area (Å²) in [7, 11) is -3.61. The van der Waals surface area contributed by atoms with Gasteiger partial charge in [-0.1, -0.05) is 36.7 Å². The SMILES string of the molecule is CCC(CC)(CC)NS(=O)(=O)c1cc(Br)ccc1N. The van der Waals surface area contributed by atoms with E-state index in [1.165, 1.54) is 6.07 Å². The molecule has 1 rings (SSSR count). The van der Waals surface area contributed by atoms with Crippen molar-refractivity contribution < 1.29 is 8.42 Å². The summed E-state index contributed by atoms with van der Waals surface area (Å²) < 4.78 is 28.5. The van der Waals surface area contributed by atoms with Crippen LogP contribution in [0.25, 0.3) is 0 Å². The van der Waals surface area contributed by atoms with Crippen LogP contribution in [0.2, 0.25) is 0 Å². The number of nitrogens with two attached hydrogens (primary N) is 1. The lowest BCUT2D eigenvalue weighted by Gasteiger charge is -2.31. The summed E-state index contributed by atoms with van der Waals surface area (Å²) in [5.41, 5.74) is 5.63. The minimum atomic E-state index is -3.61. The summed E-state index contributed by atoms with van der Waals surface area (Å²) in [4.78, 5) is 0.126. The number of halogens is 1. The van der Waals surface area contributed by atoms with Crippen molar-refractivity contribution in [3.05, 3.63) is 22.7 Å². The first-order valence-electron chi connectivity index (χ1n) is 6.39. The van der Waals surface area contributed by atoms with E-state index >= 15 is 0 Å². The van der Waals surface area contributed by atoms with E-state index in [0.717, 1.165) is 19.3 Å². The Morgan fingerprint density at radius 1 is 1.21 bits per heavy atom. The molecule has 3 N–H and O–H groups in total. The highest BCUT2D eigenvalue weighted by atomic mass is 79.9. The summed E-state index contributed by atoms with van der Waals surface area (Å²) in [6.07, 6.45) is 2.23. The molecule has 0 spiro atoms. The molecule has 0 aliphatic carbocycles. The molecule has 0 saturated heterocycles. The number of benzene rings is 1. The Bertz CT molecular complexity index is 531. The van der Waals surface area contributed by atoms with Gasteiger partial charge in [-0.25, -0.2) is 13.1 Å². The molecule has 6 heteroatoms. The molecular formula is C13H21BrN2O2S. The van der Waals surface area contributed by atoms with Gasteiger partial charge in [-0.2, -0.15) is 0 Å². The Kier molecular flexibility index (Phi) is 5.41. The predicted octanol–water partition coefficient (Wildman–Crippen LogP) is 3.28. The number of rotatable bonds is 6. The normalized spacial score (nSPS) is 12.6. The summed E-state index contributed by atoms with van der Waals surface area (Å²) in [5, 5.41) is 0. The molecule has 1 aromatic rings. The fourth-order valence-corrected chi connectivity index (χ4v) is 4.33. The molecule has 108 valence electrons. The van der Waals surface area contributed by atoms with Crippen LogP contribution in [-0.2, 0) is 10.0 Å². The standard InChI is InChI=1S/C13H21BrN2O2S/c1-4-13(5-2,6-3)16-19(17,18)12-9-10(14)7-8-11(12)15/h7-9,16H,4-6,15H2,1-3H3. The molecule has 0 heterocycles. The van der Waals surface area contributed by atoms with Gasteiger partial charge in [-0.15, -0.1) is 0 Å². The largest absolute Gasteiger partial charge is 0.398 e. The summed E-state index contributed by atoms with van der Waals surface area (Å²) in [6, 6.07) is 4.84. The zero-order chi connectivity index (χ0) is 14.7. The van der Waals surface area contributed by atoms with Gasteiger partial charge in [0, 0.05) is 10.0 Å². The summed E-state index contributed by atoms with van der Waals surface area (Å²) >= 11 is 3.27. The summed E-state index contributed by atoms with van der Waals surface area (Å²) in [6.45, 7) is 5.96. The minimum absolute atomic E-state index is 0.126. The smallest absolute Gasteiger partial charge is 0.243 e. The molecule has 0 aliphatic rings. The topological polar surface area (TPSA) is 72.2 Å². The zero-order valence-electron chi connectivity index (χ0n) is 11.5. The van der Waals surface area contributed by atoms with Crippen LogP contribution in [-0.4, -0.2) is 14.0 Å². The Balaban J connectivity index is 3.21. The second-order valence-electron chi connectivity index (χ2n) is 4.63. The van der Waals surface area contributed by atoms with Gasteiger partial charge in [-0.05, 0) is 37.5 Å². The highest BCUT2D eigenvalue weighted by Gasteiger charge is 2.31. The van der Waals surface area contributed by atoms with Crippen LogP contribution in [0.15, 0.2) is 27.6 Å². The second kappa shape index (κ2) is 6.24. The monoisotopic (exact) mass is 348 g/mol. The molecule has 0 amide bonds. The first kappa shape index (κ1) is 16.5. The molecule has 0 fully saturated rings. The van der Waals surface area contributed by atoms with Gasteiger partial charge >= 0.3 is 0 Å². The van der Waals surface area contributed by atoms with Crippen molar-refractivity contribution in [1.82, 2.24) is 4.72 Å². The van der Waals surface area contributed by atoms with Gasteiger partial charge in [0.15, 0.2) is 0 Å². The van der Waals surface area contributed by atoms with Crippen LogP contribution < -0.4 is 10.5 Å². The number of nitrogens with one attached hydrogen (secondary N) is 1. The second-order valence-corrected chi connectivity index (χ2v) is 7.20. The molecule has 0 saturated carbocycles. The van der Waals surface area contributed by atoms with Crippen LogP contribution in [0.3, 0.4) is 0 Å². The zero-order valence-corrected chi connectivity index (χ0v) is 13.9. The fourth-order valence-electron chi connectivity index (χ4n) is 2.05. The highest BCUT2D eigenvalue weighted by molar-refractivity contribution is 9.10. The first-order valence-corrected chi connectivity index (χ1v) is 8.67. The van der Waals surface area contributed by atoms with Gasteiger partial charge < -0.3 is 5.73 Å². The molecule has 0 bridgehead atoms. The molecule has 1 aromatic carbocycles. The number of hydrogen-bond acceptors (Lipinski definition) is 3. The minimum Gasteiger partial charge on any atom is -0.398 e. The molecule has 0 unspecified atom stereocenters. The van der Waals surface area contributed by atoms with Crippen LogP contribution in [0.5, 0.6) is 0 Å². The molecular weight excluding hydrogens is 328 g/mol. The van der Waals surface area contributed by atoms with Crippen molar-refractivity contribution in [2.75, 3.05) is 5.73 Å². The van der Waals surface area contributed by atoms with E-state index in [-0.39, 0.29) is 10.6 Å². The van der Waals surface area contributed by atoms with Gasteiger partial charge in [0.25, 0.3) is 0 Å². The lowest BCUT2D eigenvalue weighted by molar-refractivity contribution is 0.342. The van der Waals surface area contributed by atoms with Gasteiger partial charge in [0.1, 0.15) is 4.90 Å². The lowest BCUT2D eigenvalue weighted by Crippen LogP contribution is -2.47. The van der Waals surface area contributed by atoms with Crippen molar-refractivity contribution >= 4 is 31.6 Å². The number of hydrogen-bond donors (Lipinski definition) is 2. The van der Waals surface area contributed by atoms with Crippen molar-refractivity contribution in [2.45, 2.75) is 50.5 Å². The van der Waals surface area contributed by atoms with Crippen molar-refractivity contribution in [3.63, 3.8) is 0 Å². The summed E-state index contributed by atoms with van der Waals surface area (Å²) in [5.74, 6) is 0. The molecule has 4 nitrogen and oxygen atoms in total. The molecule has 0 radical (unpaired) electrons. The van der Waals surface area contributed by atoms with E-state index in [1.807, 2.05) is 20.8 Å². The van der Waals surface area contributed by atoms with Crippen molar-refractivity contribution in [2.24, 2.45) is 0 Å². The van der Waals surface area contributed by atoms with E-state index in [9.17, 15) is 8.42 Å². The van der Waals surface area contributed by atoms with Gasteiger partial charge in [-0.3, -0.25) is 0 Å². The van der Waals surface area contributed by atoms with E-state index in [0.29, 0.717) is 4.47 Å². The van der Waals surface area contributed by atoms with E-state index in [4.69, 9.17) is 5.73 Å². The number of anilines is 1. The van der Waals surface area contributed by atoms with Crippen LogP contribution >= 0.6 is 15.9 Å². The Morgan fingerprint density at radius 2 is 1.74 bits per heavy atom. The van der Waals surface area contributed by atoms with Crippen molar-refractivity contribution in [1.29, 1.82) is 0 Å². The quantitative estimate of drug-likeness (QED) is 0.774. The number of sulfonamides is 1. The third kappa shape index (κ3) is 3.70. The third-order valence-electron chi connectivity index (χ3n) is 3.65. The maximum atomic E-state index is 12.5. The average Bonchev–Trinajstić information content (AvgIpc) is 2.39. The highest BCUT2D eigenvalue weighted by Crippen LogP contribution is 2.27. The Hall–Kier alpha value is -0.590.